The molecule has 1 aromatic rings. The number of rotatable bonds is 3. The number of carbonyl (C=O) groups excluding carboxylic acids is 1. The second kappa shape index (κ2) is 5.23. The molecule has 0 bridgehead atoms. The fourth-order valence-electron chi connectivity index (χ4n) is 2.45. The standard InChI is InChI=1S/C15H15F3N2O3/c1-23-11-6-4-9(5-7-11)12-8-14(22,15(16,17)18)20(19-12)13(21)10-2-3-10/h4-7,10,22H,2-3,8H2,1H3/t14-/m1/s1. The molecule has 0 spiro atoms. The van der Waals surface area contributed by atoms with E-state index in [0.29, 0.717) is 24.2 Å². The normalized spacial score (nSPS) is 24.6. The lowest BCUT2D eigenvalue weighted by atomic mass is 10.0. The topological polar surface area (TPSA) is 62.1 Å². The third-order valence-electron chi connectivity index (χ3n) is 4.00. The van der Waals surface area contributed by atoms with Crippen LogP contribution in [-0.2, 0) is 4.79 Å². The molecule has 23 heavy (non-hydrogen) atoms. The van der Waals surface area contributed by atoms with E-state index < -0.39 is 30.1 Å². The van der Waals surface area contributed by atoms with Crippen LogP contribution in [0.3, 0.4) is 0 Å². The van der Waals surface area contributed by atoms with E-state index in [1.807, 2.05) is 0 Å². The summed E-state index contributed by atoms with van der Waals surface area (Å²) in [5.41, 5.74) is -2.87. The molecule has 0 saturated heterocycles. The van der Waals surface area contributed by atoms with Crippen molar-refractivity contribution in [3.63, 3.8) is 0 Å². The van der Waals surface area contributed by atoms with Crippen LogP contribution in [0.1, 0.15) is 24.8 Å². The second-order valence-corrected chi connectivity index (χ2v) is 5.69. The van der Waals surface area contributed by atoms with Gasteiger partial charge in [-0.3, -0.25) is 4.79 Å². The largest absolute Gasteiger partial charge is 0.497 e. The van der Waals surface area contributed by atoms with E-state index in [1.165, 1.54) is 7.11 Å². The maximum absolute atomic E-state index is 13.3. The highest BCUT2D eigenvalue weighted by molar-refractivity contribution is 6.03. The van der Waals surface area contributed by atoms with Crippen LogP contribution in [-0.4, -0.2) is 40.7 Å². The molecule has 1 N–H and O–H groups in total. The average molecular weight is 328 g/mol. The highest BCUT2D eigenvalue weighted by Crippen LogP contribution is 2.44. The number of amides is 1. The van der Waals surface area contributed by atoms with Crippen LogP contribution in [0.5, 0.6) is 5.75 Å². The first kappa shape index (κ1) is 15.8. The lowest BCUT2D eigenvalue weighted by Gasteiger charge is -2.32. The van der Waals surface area contributed by atoms with Crippen LogP contribution < -0.4 is 4.74 Å². The summed E-state index contributed by atoms with van der Waals surface area (Å²) < 4.78 is 44.9. The molecule has 1 aromatic carbocycles. The summed E-state index contributed by atoms with van der Waals surface area (Å²) in [6.07, 6.45) is -4.73. The van der Waals surface area contributed by atoms with Crippen LogP contribution in [0, 0.1) is 5.92 Å². The Balaban J connectivity index is 1.95. The predicted molar refractivity (Wildman–Crippen MR) is 74.7 cm³/mol. The minimum Gasteiger partial charge on any atom is -0.497 e. The zero-order valence-electron chi connectivity index (χ0n) is 12.3. The van der Waals surface area contributed by atoms with Crippen molar-refractivity contribution in [1.82, 2.24) is 5.01 Å². The minimum atomic E-state index is -4.99. The molecule has 1 fully saturated rings. The number of hydrogen-bond acceptors (Lipinski definition) is 4. The molecule has 1 aliphatic carbocycles. The molecular weight excluding hydrogens is 313 g/mol. The Morgan fingerprint density at radius 3 is 2.43 bits per heavy atom. The van der Waals surface area contributed by atoms with Crippen molar-refractivity contribution in [3.8, 4) is 5.75 Å². The number of nitrogens with zero attached hydrogens (tertiary/aromatic N) is 2. The first-order valence-electron chi connectivity index (χ1n) is 7.11. The number of hydrazone groups is 1. The van der Waals surface area contributed by atoms with Crippen molar-refractivity contribution < 1.29 is 27.8 Å². The summed E-state index contributed by atoms with van der Waals surface area (Å²) >= 11 is 0. The Kier molecular flexibility index (Phi) is 3.59. The monoisotopic (exact) mass is 328 g/mol. The van der Waals surface area contributed by atoms with Crippen LogP contribution in [0.15, 0.2) is 29.4 Å². The van der Waals surface area contributed by atoms with Crippen LogP contribution in [0.4, 0.5) is 13.2 Å². The zero-order valence-corrected chi connectivity index (χ0v) is 12.3. The van der Waals surface area contributed by atoms with Gasteiger partial charge in [0.1, 0.15) is 5.75 Å². The number of halogens is 3. The van der Waals surface area contributed by atoms with E-state index in [9.17, 15) is 23.1 Å². The molecule has 0 unspecified atom stereocenters. The number of ether oxygens (including phenoxy) is 1. The molecule has 124 valence electrons. The molecule has 1 saturated carbocycles. The van der Waals surface area contributed by atoms with E-state index >= 15 is 0 Å². The molecule has 8 heteroatoms. The van der Waals surface area contributed by atoms with Gasteiger partial charge in [0.05, 0.1) is 19.2 Å². The van der Waals surface area contributed by atoms with Crippen molar-refractivity contribution in [2.45, 2.75) is 31.2 Å². The number of methoxy groups -OCH3 is 1. The van der Waals surface area contributed by atoms with Gasteiger partial charge in [0, 0.05) is 5.92 Å². The Morgan fingerprint density at radius 2 is 1.96 bits per heavy atom. The molecular formula is C15H15F3N2O3. The van der Waals surface area contributed by atoms with Gasteiger partial charge in [0.2, 0.25) is 5.91 Å². The molecule has 5 nitrogen and oxygen atoms in total. The summed E-state index contributed by atoms with van der Waals surface area (Å²) in [5.74, 6) is -0.722. The molecule has 0 aromatic heterocycles. The van der Waals surface area contributed by atoms with Gasteiger partial charge in [0.15, 0.2) is 0 Å². The number of carbonyl (C=O) groups is 1. The van der Waals surface area contributed by atoms with Gasteiger partial charge < -0.3 is 9.84 Å². The minimum absolute atomic E-state index is 0.0153. The third-order valence-corrected chi connectivity index (χ3v) is 4.00. The predicted octanol–water partition coefficient (Wildman–Crippen LogP) is 2.29. The van der Waals surface area contributed by atoms with Gasteiger partial charge in [-0.1, -0.05) is 0 Å². The van der Waals surface area contributed by atoms with Crippen molar-refractivity contribution in [3.05, 3.63) is 29.8 Å². The Hall–Kier alpha value is -2.09. The zero-order chi connectivity index (χ0) is 16.8. The van der Waals surface area contributed by atoms with Crippen molar-refractivity contribution in [2.75, 3.05) is 7.11 Å². The first-order chi connectivity index (χ1) is 10.8. The summed E-state index contributed by atoms with van der Waals surface area (Å²) in [6.45, 7) is 0. The summed E-state index contributed by atoms with van der Waals surface area (Å²) in [5, 5.41) is 14.1. The van der Waals surface area contributed by atoms with Gasteiger partial charge in [-0.2, -0.15) is 23.3 Å². The smallest absolute Gasteiger partial charge is 0.438 e. The number of alkyl halides is 3. The summed E-state index contributed by atoms with van der Waals surface area (Å²) in [4.78, 5) is 12.1. The van der Waals surface area contributed by atoms with Gasteiger partial charge in [-0.25, -0.2) is 0 Å². The van der Waals surface area contributed by atoms with Crippen LogP contribution in [0.2, 0.25) is 0 Å². The quantitative estimate of drug-likeness (QED) is 0.926. The van der Waals surface area contributed by atoms with E-state index in [1.54, 1.807) is 24.3 Å². The molecule has 3 rings (SSSR count). The number of benzene rings is 1. The molecule has 2 aliphatic rings. The van der Waals surface area contributed by atoms with Gasteiger partial charge in [0.25, 0.3) is 5.72 Å². The number of aliphatic hydroxyl groups is 1. The summed E-state index contributed by atoms with van der Waals surface area (Å²) in [7, 11) is 1.47. The molecule has 1 amide bonds. The van der Waals surface area contributed by atoms with Crippen molar-refractivity contribution in [1.29, 1.82) is 0 Å². The van der Waals surface area contributed by atoms with E-state index in [2.05, 4.69) is 5.10 Å². The van der Waals surface area contributed by atoms with E-state index in [-0.39, 0.29) is 10.7 Å². The maximum Gasteiger partial charge on any atom is 0.438 e. The van der Waals surface area contributed by atoms with Gasteiger partial charge >= 0.3 is 6.18 Å². The fourth-order valence-corrected chi connectivity index (χ4v) is 2.45. The first-order valence-corrected chi connectivity index (χ1v) is 7.11. The van der Waals surface area contributed by atoms with Crippen LogP contribution in [0.25, 0.3) is 0 Å². The molecule has 1 heterocycles. The fraction of sp³-hybridized carbons (Fsp3) is 0.467. The Labute approximate surface area is 130 Å². The van der Waals surface area contributed by atoms with E-state index in [0.717, 1.165) is 0 Å². The lowest BCUT2D eigenvalue weighted by Crippen LogP contribution is -2.57. The van der Waals surface area contributed by atoms with Gasteiger partial charge in [-0.15, -0.1) is 0 Å². The second-order valence-electron chi connectivity index (χ2n) is 5.69. The Bertz CT molecular complexity index is 653. The third kappa shape index (κ3) is 2.67. The maximum atomic E-state index is 13.3. The molecule has 1 atom stereocenters. The summed E-state index contributed by atoms with van der Waals surface area (Å²) in [6, 6.07) is 6.24. The SMILES string of the molecule is COc1ccc(C2=NN(C(=O)C3CC3)[C@](O)(C(F)(F)F)C2)cc1. The lowest BCUT2D eigenvalue weighted by molar-refractivity contribution is -0.302. The van der Waals surface area contributed by atoms with Crippen molar-refractivity contribution in [2.24, 2.45) is 11.0 Å². The molecule has 1 aliphatic heterocycles. The van der Waals surface area contributed by atoms with Crippen molar-refractivity contribution >= 4 is 11.6 Å². The highest BCUT2D eigenvalue weighted by atomic mass is 19.4. The van der Waals surface area contributed by atoms with Gasteiger partial charge in [-0.05, 0) is 42.7 Å². The van der Waals surface area contributed by atoms with Crippen LogP contribution >= 0.6 is 0 Å². The average Bonchev–Trinajstić information content (AvgIpc) is 3.29. The molecule has 0 radical (unpaired) electrons. The number of hydrogen-bond donors (Lipinski definition) is 1. The van der Waals surface area contributed by atoms with E-state index in [4.69, 9.17) is 4.74 Å². The Morgan fingerprint density at radius 1 is 1.35 bits per heavy atom. The highest BCUT2D eigenvalue weighted by Gasteiger charge is 2.64.